The highest BCUT2D eigenvalue weighted by atomic mass is 35.5. The Kier molecular flexibility index (Phi) is 2.04. The molecule has 2 aromatic carbocycles. The summed E-state index contributed by atoms with van der Waals surface area (Å²) in [5.41, 5.74) is 0. The SMILES string of the molecule is Oc1c(F)c(Cl)cc2c(F)cccc12. The van der Waals surface area contributed by atoms with Crippen molar-refractivity contribution in [1.29, 1.82) is 0 Å². The molecule has 0 amide bonds. The summed E-state index contributed by atoms with van der Waals surface area (Å²) in [4.78, 5) is 0. The largest absolute Gasteiger partial charge is 0.504 e. The molecule has 0 saturated carbocycles. The molecule has 0 aliphatic heterocycles. The number of fused-ring (bicyclic) bond motifs is 1. The predicted molar refractivity (Wildman–Crippen MR) is 50.5 cm³/mol. The van der Waals surface area contributed by atoms with E-state index >= 15 is 0 Å². The molecule has 0 fully saturated rings. The maximum absolute atomic E-state index is 13.2. The van der Waals surface area contributed by atoms with Crippen molar-refractivity contribution in [3.8, 4) is 5.75 Å². The lowest BCUT2D eigenvalue weighted by molar-refractivity contribution is 0.439. The average Bonchev–Trinajstić information content (AvgIpc) is 2.17. The van der Waals surface area contributed by atoms with Gasteiger partial charge in [-0.05, 0) is 12.1 Å². The first-order valence-corrected chi connectivity index (χ1v) is 4.24. The van der Waals surface area contributed by atoms with Crippen molar-refractivity contribution < 1.29 is 13.9 Å². The van der Waals surface area contributed by atoms with Gasteiger partial charge >= 0.3 is 0 Å². The molecular weight excluding hydrogens is 210 g/mol. The zero-order valence-electron chi connectivity index (χ0n) is 6.89. The zero-order chi connectivity index (χ0) is 10.3. The van der Waals surface area contributed by atoms with Crippen LogP contribution in [-0.4, -0.2) is 5.11 Å². The fourth-order valence-electron chi connectivity index (χ4n) is 1.31. The lowest BCUT2D eigenvalue weighted by Gasteiger charge is -2.04. The summed E-state index contributed by atoms with van der Waals surface area (Å²) in [6.45, 7) is 0. The van der Waals surface area contributed by atoms with Crippen molar-refractivity contribution >= 4 is 22.4 Å². The normalized spacial score (nSPS) is 10.8. The number of aromatic hydroxyl groups is 1. The van der Waals surface area contributed by atoms with Crippen LogP contribution in [0.1, 0.15) is 0 Å². The molecule has 72 valence electrons. The van der Waals surface area contributed by atoms with Crippen LogP contribution >= 0.6 is 11.6 Å². The van der Waals surface area contributed by atoms with E-state index in [1.807, 2.05) is 0 Å². The van der Waals surface area contributed by atoms with Gasteiger partial charge in [0.1, 0.15) is 5.82 Å². The third kappa shape index (κ3) is 1.21. The Labute approximate surface area is 83.5 Å². The number of halogens is 3. The number of hydrogen-bond acceptors (Lipinski definition) is 1. The summed E-state index contributed by atoms with van der Waals surface area (Å²) < 4.78 is 26.3. The smallest absolute Gasteiger partial charge is 0.184 e. The zero-order valence-corrected chi connectivity index (χ0v) is 7.65. The van der Waals surface area contributed by atoms with E-state index in [4.69, 9.17) is 11.6 Å². The van der Waals surface area contributed by atoms with Crippen LogP contribution in [0.2, 0.25) is 5.02 Å². The van der Waals surface area contributed by atoms with Crippen LogP contribution in [-0.2, 0) is 0 Å². The van der Waals surface area contributed by atoms with Gasteiger partial charge in [0.15, 0.2) is 11.6 Å². The van der Waals surface area contributed by atoms with Gasteiger partial charge in [0.25, 0.3) is 0 Å². The van der Waals surface area contributed by atoms with Gasteiger partial charge in [0.05, 0.1) is 5.02 Å². The molecule has 0 bridgehead atoms. The van der Waals surface area contributed by atoms with Gasteiger partial charge < -0.3 is 5.11 Å². The lowest BCUT2D eigenvalue weighted by Crippen LogP contribution is -1.85. The van der Waals surface area contributed by atoms with Gasteiger partial charge in [0.2, 0.25) is 0 Å². The monoisotopic (exact) mass is 214 g/mol. The molecule has 0 saturated heterocycles. The Hall–Kier alpha value is -1.35. The van der Waals surface area contributed by atoms with Crippen LogP contribution in [0.15, 0.2) is 24.3 Å². The highest BCUT2D eigenvalue weighted by molar-refractivity contribution is 6.31. The molecule has 0 radical (unpaired) electrons. The lowest BCUT2D eigenvalue weighted by atomic mass is 10.1. The van der Waals surface area contributed by atoms with Gasteiger partial charge in [-0.15, -0.1) is 0 Å². The summed E-state index contributed by atoms with van der Waals surface area (Å²) in [6, 6.07) is 5.19. The highest BCUT2D eigenvalue weighted by Gasteiger charge is 2.12. The minimum atomic E-state index is -0.926. The highest BCUT2D eigenvalue weighted by Crippen LogP contribution is 2.33. The Balaban J connectivity index is 2.98. The maximum Gasteiger partial charge on any atom is 0.184 e. The van der Waals surface area contributed by atoms with E-state index in [1.54, 1.807) is 0 Å². The van der Waals surface area contributed by atoms with Crippen molar-refractivity contribution in [2.45, 2.75) is 0 Å². The second-order valence-electron chi connectivity index (χ2n) is 2.86. The van der Waals surface area contributed by atoms with Crippen molar-refractivity contribution in [1.82, 2.24) is 0 Å². The molecule has 1 N–H and O–H groups in total. The number of phenolic OH excluding ortho intramolecular Hbond substituents is 1. The Morgan fingerprint density at radius 3 is 2.57 bits per heavy atom. The average molecular weight is 215 g/mol. The van der Waals surface area contributed by atoms with Gasteiger partial charge in [-0.3, -0.25) is 0 Å². The summed E-state index contributed by atoms with van der Waals surface area (Å²) >= 11 is 5.46. The quantitative estimate of drug-likeness (QED) is 0.712. The molecule has 0 aliphatic carbocycles. The van der Waals surface area contributed by atoms with Crippen LogP contribution < -0.4 is 0 Å². The van der Waals surface area contributed by atoms with Crippen molar-refractivity contribution in [3.05, 3.63) is 40.9 Å². The maximum atomic E-state index is 13.2. The molecule has 0 aromatic heterocycles. The Morgan fingerprint density at radius 1 is 1.14 bits per heavy atom. The molecular formula is C10H5ClF2O. The molecule has 0 aliphatic rings. The molecule has 0 unspecified atom stereocenters. The van der Waals surface area contributed by atoms with E-state index in [1.165, 1.54) is 18.2 Å². The van der Waals surface area contributed by atoms with Crippen molar-refractivity contribution in [2.75, 3.05) is 0 Å². The Bertz CT molecular complexity index is 511. The minimum Gasteiger partial charge on any atom is -0.504 e. The predicted octanol–water partition coefficient (Wildman–Crippen LogP) is 3.48. The van der Waals surface area contributed by atoms with E-state index in [0.29, 0.717) is 0 Å². The molecule has 0 atom stereocenters. The molecule has 0 spiro atoms. The first kappa shape index (κ1) is 9.21. The fraction of sp³-hybridized carbons (Fsp3) is 0. The van der Waals surface area contributed by atoms with Crippen LogP contribution in [0.5, 0.6) is 5.75 Å². The summed E-state index contributed by atoms with van der Waals surface area (Å²) in [5, 5.41) is 9.27. The second-order valence-corrected chi connectivity index (χ2v) is 3.26. The minimum absolute atomic E-state index is 0.108. The second kappa shape index (κ2) is 3.10. The van der Waals surface area contributed by atoms with E-state index in [0.717, 1.165) is 6.07 Å². The molecule has 0 heterocycles. The van der Waals surface area contributed by atoms with Crippen molar-refractivity contribution in [2.24, 2.45) is 0 Å². The summed E-state index contributed by atoms with van der Waals surface area (Å²) in [5.74, 6) is -2.09. The third-order valence-corrected chi connectivity index (χ3v) is 2.27. The van der Waals surface area contributed by atoms with Gasteiger partial charge in [-0.2, -0.15) is 0 Å². The van der Waals surface area contributed by atoms with Gasteiger partial charge in [0, 0.05) is 10.8 Å². The first-order valence-electron chi connectivity index (χ1n) is 3.86. The number of phenols is 1. The van der Waals surface area contributed by atoms with Crippen molar-refractivity contribution in [3.63, 3.8) is 0 Å². The molecule has 2 rings (SSSR count). The number of rotatable bonds is 0. The van der Waals surface area contributed by atoms with E-state index in [9.17, 15) is 13.9 Å². The Morgan fingerprint density at radius 2 is 1.86 bits per heavy atom. The number of hydrogen-bond donors (Lipinski definition) is 1. The summed E-state index contributed by atoms with van der Waals surface area (Å²) in [7, 11) is 0. The fourth-order valence-corrected chi connectivity index (χ4v) is 1.51. The van der Waals surface area contributed by atoms with E-state index in [2.05, 4.69) is 0 Å². The summed E-state index contributed by atoms with van der Waals surface area (Å²) in [6.07, 6.45) is 0. The molecule has 4 heteroatoms. The molecule has 14 heavy (non-hydrogen) atoms. The topological polar surface area (TPSA) is 20.2 Å². The van der Waals surface area contributed by atoms with E-state index in [-0.39, 0.29) is 15.8 Å². The van der Waals surface area contributed by atoms with Gasteiger partial charge in [-0.25, -0.2) is 8.78 Å². The number of benzene rings is 2. The molecule has 2 aromatic rings. The standard InChI is InChI=1S/C10H5ClF2O/c11-7-4-6-5(10(14)9(7)13)2-1-3-8(6)12/h1-4,14H. The van der Waals surface area contributed by atoms with Crippen LogP contribution in [0, 0.1) is 11.6 Å². The van der Waals surface area contributed by atoms with Crippen LogP contribution in [0.3, 0.4) is 0 Å². The van der Waals surface area contributed by atoms with Crippen LogP contribution in [0.25, 0.3) is 10.8 Å². The van der Waals surface area contributed by atoms with Crippen LogP contribution in [0.4, 0.5) is 8.78 Å². The van der Waals surface area contributed by atoms with E-state index < -0.39 is 17.4 Å². The van der Waals surface area contributed by atoms with Gasteiger partial charge in [-0.1, -0.05) is 23.7 Å². The third-order valence-electron chi connectivity index (χ3n) is 2.00. The first-order chi connectivity index (χ1) is 6.61. The molecule has 1 nitrogen and oxygen atoms in total.